The lowest BCUT2D eigenvalue weighted by atomic mass is 9.92. The standard InChI is InChI=1S/C19H21NO2S/c1-3-19-18(16-7-5-4-6-8-16)13-14-20(19)23(21,22)17-11-9-15(2)10-12-17/h3-12,18-19H,1,13-14H2,2H3/t18-,19-/m0/s1. The molecule has 0 bridgehead atoms. The molecule has 3 nitrogen and oxygen atoms in total. The topological polar surface area (TPSA) is 37.4 Å². The smallest absolute Gasteiger partial charge is 0.207 e. The van der Waals surface area contributed by atoms with Gasteiger partial charge in [-0.15, -0.1) is 6.58 Å². The molecule has 1 fully saturated rings. The van der Waals surface area contributed by atoms with Gasteiger partial charge in [0.2, 0.25) is 10.0 Å². The summed E-state index contributed by atoms with van der Waals surface area (Å²) in [6.07, 6.45) is 2.57. The number of hydrogen-bond donors (Lipinski definition) is 0. The number of benzene rings is 2. The van der Waals surface area contributed by atoms with Gasteiger partial charge in [-0.05, 0) is 31.0 Å². The summed E-state index contributed by atoms with van der Waals surface area (Å²) in [4.78, 5) is 0.351. The average Bonchev–Trinajstić information content (AvgIpc) is 3.01. The van der Waals surface area contributed by atoms with Crippen LogP contribution in [0.2, 0.25) is 0 Å². The lowest BCUT2D eigenvalue weighted by Crippen LogP contribution is -2.36. The predicted molar refractivity (Wildman–Crippen MR) is 92.9 cm³/mol. The fraction of sp³-hybridized carbons (Fsp3) is 0.263. The molecule has 2 atom stereocenters. The Kier molecular flexibility index (Phi) is 4.37. The second-order valence-corrected chi connectivity index (χ2v) is 7.85. The summed E-state index contributed by atoms with van der Waals surface area (Å²) in [5.41, 5.74) is 2.21. The molecular formula is C19H21NO2S. The highest BCUT2D eigenvalue weighted by molar-refractivity contribution is 7.89. The zero-order valence-electron chi connectivity index (χ0n) is 13.2. The van der Waals surface area contributed by atoms with Crippen LogP contribution in [-0.4, -0.2) is 25.3 Å². The van der Waals surface area contributed by atoms with Gasteiger partial charge >= 0.3 is 0 Å². The SMILES string of the molecule is C=C[C@H]1[C@H](c2ccccc2)CCN1S(=O)(=O)c1ccc(C)cc1. The molecule has 120 valence electrons. The van der Waals surface area contributed by atoms with Crippen LogP contribution < -0.4 is 0 Å². The van der Waals surface area contributed by atoms with Crippen molar-refractivity contribution >= 4 is 10.0 Å². The molecule has 0 radical (unpaired) electrons. The fourth-order valence-electron chi connectivity index (χ4n) is 3.26. The Morgan fingerprint density at radius 3 is 2.35 bits per heavy atom. The minimum atomic E-state index is -3.50. The maximum atomic E-state index is 13.0. The first-order valence-electron chi connectivity index (χ1n) is 7.80. The van der Waals surface area contributed by atoms with Crippen molar-refractivity contribution in [3.63, 3.8) is 0 Å². The van der Waals surface area contributed by atoms with Gasteiger partial charge in [0.05, 0.1) is 4.90 Å². The summed E-state index contributed by atoms with van der Waals surface area (Å²) in [7, 11) is -3.50. The quantitative estimate of drug-likeness (QED) is 0.803. The van der Waals surface area contributed by atoms with Gasteiger partial charge < -0.3 is 0 Å². The molecule has 0 N–H and O–H groups in total. The largest absolute Gasteiger partial charge is 0.243 e. The molecule has 1 heterocycles. The Labute approximate surface area is 138 Å². The van der Waals surface area contributed by atoms with Crippen molar-refractivity contribution < 1.29 is 8.42 Å². The van der Waals surface area contributed by atoms with E-state index in [2.05, 4.69) is 18.7 Å². The summed E-state index contributed by atoms with van der Waals surface area (Å²) < 4.78 is 27.5. The fourth-order valence-corrected chi connectivity index (χ4v) is 4.91. The minimum Gasteiger partial charge on any atom is -0.207 e. The molecule has 0 spiro atoms. The van der Waals surface area contributed by atoms with Crippen molar-refractivity contribution in [2.24, 2.45) is 0 Å². The Hall–Kier alpha value is -1.91. The van der Waals surface area contributed by atoms with Crippen LogP contribution in [0.1, 0.15) is 23.5 Å². The van der Waals surface area contributed by atoms with Gasteiger partial charge in [-0.25, -0.2) is 8.42 Å². The van der Waals surface area contributed by atoms with Gasteiger partial charge in [-0.1, -0.05) is 54.1 Å². The van der Waals surface area contributed by atoms with Crippen molar-refractivity contribution in [3.8, 4) is 0 Å². The molecule has 1 saturated heterocycles. The van der Waals surface area contributed by atoms with Crippen molar-refractivity contribution in [2.45, 2.75) is 30.2 Å². The van der Waals surface area contributed by atoms with Gasteiger partial charge in [-0.3, -0.25) is 0 Å². The molecule has 0 aliphatic carbocycles. The van der Waals surface area contributed by atoms with E-state index in [1.807, 2.05) is 37.3 Å². The van der Waals surface area contributed by atoms with Crippen LogP contribution in [0.15, 0.2) is 72.1 Å². The Bertz CT molecular complexity index is 782. The van der Waals surface area contributed by atoms with Crippen molar-refractivity contribution in [1.82, 2.24) is 4.31 Å². The van der Waals surface area contributed by atoms with E-state index >= 15 is 0 Å². The number of nitrogens with zero attached hydrogens (tertiary/aromatic N) is 1. The van der Waals surface area contributed by atoms with Crippen LogP contribution in [0.25, 0.3) is 0 Å². The van der Waals surface area contributed by atoms with E-state index in [4.69, 9.17) is 0 Å². The van der Waals surface area contributed by atoms with Crippen molar-refractivity contribution in [3.05, 3.63) is 78.4 Å². The minimum absolute atomic E-state index is 0.161. The number of hydrogen-bond acceptors (Lipinski definition) is 2. The van der Waals surface area contributed by atoms with Gasteiger partial charge in [0.1, 0.15) is 0 Å². The van der Waals surface area contributed by atoms with E-state index in [1.54, 1.807) is 22.5 Å². The monoisotopic (exact) mass is 327 g/mol. The number of sulfonamides is 1. The first kappa shape index (κ1) is 16.0. The van der Waals surface area contributed by atoms with Crippen molar-refractivity contribution in [2.75, 3.05) is 6.54 Å². The second-order valence-electron chi connectivity index (χ2n) is 5.96. The number of rotatable bonds is 4. The number of aryl methyl sites for hydroxylation is 1. The third-order valence-electron chi connectivity index (χ3n) is 4.50. The first-order valence-corrected chi connectivity index (χ1v) is 9.24. The summed E-state index contributed by atoms with van der Waals surface area (Å²) in [5, 5.41) is 0. The van der Waals surface area contributed by atoms with Gasteiger partial charge in [0.15, 0.2) is 0 Å². The van der Waals surface area contributed by atoms with Crippen LogP contribution in [0.5, 0.6) is 0 Å². The zero-order valence-corrected chi connectivity index (χ0v) is 14.0. The van der Waals surface area contributed by atoms with E-state index in [0.29, 0.717) is 11.4 Å². The molecule has 4 heteroatoms. The predicted octanol–water partition coefficient (Wildman–Crippen LogP) is 3.73. The van der Waals surface area contributed by atoms with E-state index in [9.17, 15) is 8.42 Å². The first-order chi connectivity index (χ1) is 11.0. The molecule has 23 heavy (non-hydrogen) atoms. The zero-order chi connectivity index (χ0) is 16.4. The van der Waals surface area contributed by atoms with Crippen LogP contribution in [0.3, 0.4) is 0 Å². The normalized spacial score (nSPS) is 22.1. The maximum absolute atomic E-state index is 13.0. The van der Waals surface area contributed by atoms with Crippen molar-refractivity contribution in [1.29, 1.82) is 0 Å². The van der Waals surface area contributed by atoms with Gasteiger partial charge in [0, 0.05) is 18.5 Å². The maximum Gasteiger partial charge on any atom is 0.243 e. The highest BCUT2D eigenvalue weighted by Crippen LogP contribution is 2.37. The lowest BCUT2D eigenvalue weighted by Gasteiger charge is -2.25. The Morgan fingerprint density at radius 2 is 1.74 bits per heavy atom. The Balaban J connectivity index is 1.94. The third-order valence-corrected chi connectivity index (χ3v) is 6.41. The van der Waals surface area contributed by atoms with Gasteiger partial charge in [0.25, 0.3) is 0 Å². The molecular weight excluding hydrogens is 306 g/mol. The molecule has 0 aromatic heterocycles. The molecule has 3 rings (SSSR count). The molecule has 2 aromatic carbocycles. The van der Waals surface area contributed by atoms with Gasteiger partial charge in [-0.2, -0.15) is 4.31 Å². The summed E-state index contributed by atoms with van der Waals surface area (Å²) in [6.45, 7) is 6.35. The molecule has 2 aromatic rings. The van der Waals surface area contributed by atoms with E-state index in [1.165, 1.54) is 5.56 Å². The summed E-state index contributed by atoms with van der Waals surface area (Å²) in [6, 6.07) is 16.9. The van der Waals surface area contributed by atoms with Crippen LogP contribution in [0.4, 0.5) is 0 Å². The molecule has 0 unspecified atom stereocenters. The molecule has 0 amide bonds. The molecule has 1 aliphatic heterocycles. The van der Waals surface area contributed by atoms with Crippen LogP contribution in [-0.2, 0) is 10.0 Å². The molecule has 0 saturated carbocycles. The average molecular weight is 327 g/mol. The van der Waals surface area contributed by atoms with E-state index in [0.717, 1.165) is 12.0 Å². The lowest BCUT2D eigenvalue weighted by molar-refractivity contribution is 0.421. The second kappa shape index (κ2) is 6.30. The van der Waals surface area contributed by atoms with Crippen LogP contribution in [0, 0.1) is 6.92 Å². The summed E-state index contributed by atoms with van der Waals surface area (Å²) in [5.74, 6) is 0.161. The molecule has 1 aliphatic rings. The van der Waals surface area contributed by atoms with Crippen LogP contribution >= 0.6 is 0 Å². The highest BCUT2D eigenvalue weighted by atomic mass is 32.2. The summed E-state index contributed by atoms with van der Waals surface area (Å²) >= 11 is 0. The Morgan fingerprint density at radius 1 is 1.09 bits per heavy atom. The van der Waals surface area contributed by atoms with E-state index in [-0.39, 0.29) is 12.0 Å². The van der Waals surface area contributed by atoms with E-state index < -0.39 is 10.0 Å². The third kappa shape index (κ3) is 2.96. The highest BCUT2D eigenvalue weighted by Gasteiger charge is 2.40.